The topological polar surface area (TPSA) is 53.7 Å². The summed E-state index contributed by atoms with van der Waals surface area (Å²) in [6, 6.07) is 14.4. The number of aromatic nitrogens is 3. The van der Waals surface area contributed by atoms with E-state index in [0.717, 1.165) is 23.4 Å². The number of anilines is 1. The van der Waals surface area contributed by atoms with Crippen molar-refractivity contribution in [1.29, 1.82) is 0 Å². The molecule has 1 fully saturated rings. The number of fused-ring (bicyclic) bond motifs is 1. The van der Waals surface area contributed by atoms with Crippen LogP contribution in [0.2, 0.25) is 5.02 Å². The molecular weight excluding hydrogens is 467 g/mol. The van der Waals surface area contributed by atoms with Gasteiger partial charge in [0.25, 0.3) is 5.91 Å². The van der Waals surface area contributed by atoms with Gasteiger partial charge in [0.2, 0.25) is 0 Å². The number of amides is 1. The first-order valence-corrected chi connectivity index (χ1v) is 11.0. The number of hydrogen-bond donors (Lipinski definition) is 0. The maximum atomic E-state index is 13.2. The molecule has 0 unspecified atom stereocenters. The van der Waals surface area contributed by atoms with Crippen LogP contribution in [0.25, 0.3) is 16.9 Å². The normalized spacial score (nSPS) is 14.6. The van der Waals surface area contributed by atoms with Crippen LogP contribution in [0, 0.1) is 0 Å². The molecule has 4 aromatic rings. The molecule has 1 amide bonds. The van der Waals surface area contributed by atoms with Gasteiger partial charge in [-0.25, -0.2) is 9.50 Å². The lowest BCUT2D eigenvalue weighted by Gasteiger charge is -2.36. The Bertz CT molecular complexity index is 1360. The van der Waals surface area contributed by atoms with E-state index in [0.29, 0.717) is 48.1 Å². The number of carbonyl (C=O) groups is 1. The van der Waals surface area contributed by atoms with Crippen molar-refractivity contribution < 1.29 is 18.0 Å². The summed E-state index contributed by atoms with van der Waals surface area (Å²) in [5.74, 6) is -0.213. The Kier molecular flexibility index (Phi) is 5.65. The number of alkyl halides is 3. The third-order valence-electron chi connectivity index (χ3n) is 5.86. The molecule has 3 heterocycles. The van der Waals surface area contributed by atoms with Crippen LogP contribution in [0.5, 0.6) is 0 Å². The molecule has 1 aliphatic rings. The maximum absolute atomic E-state index is 13.2. The van der Waals surface area contributed by atoms with Crippen molar-refractivity contribution in [2.45, 2.75) is 6.18 Å². The van der Waals surface area contributed by atoms with E-state index in [1.807, 2.05) is 23.1 Å². The second kappa shape index (κ2) is 8.64. The maximum Gasteiger partial charge on any atom is 0.416 e. The second-order valence-electron chi connectivity index (χ2n) is 7.96. The van der Waals surface area contributed by atoms with Gasteiger partial charge in [-0.15, -0.1) is 0 Å². The molecule has 0 bridgehead atoms. The Balaban J connectivity index is 1.35. The fourth-order valence-corrected chi connectivity index (χ4v) is 4.32. The number of halogens is 4. The average Bonchev–Trinajstić information content (AvgIpc) is 3.27. The summed E-state index contributed by atoms with van der Waals surface area (Å²) in [5, 5.41) is 4.97. The molecule has 0 N–H and O–H groups in total. The van der Waals surface area contributed by atoms with Gasteiger partial charge in [-0.1, -0.05) is 29.8 Å². The minimum atomic E-state index is -4.39. The zero-order valence-corrected chi connectivity index (χ0v) is 18.6. The molecule has 34 heavy (non-hydrogen) atoms. The molecular formula is C24H19ClF3N5O. The molecule has 10 heteroatoms. The minimum absolute atomic E-state index is 0.213. The number of piperazine rings is 1. The van der Waals surface area contributed by atoms with Gasteiger partial charge in [-0.3, -0.25) is 4.79 Å². The zero-order chi connectivity index (χ0) is 23.9. The van der Waals surface area contributed by atoms with Gasteiger partial charge in [0, 0.05) is 48.6 Å². The van der Waals surface area contributed by atoms with Crippen LogP contribution >= 0.6 is 11.6 Å². The van der Waals surface area contributed by atoms with Gasteiger partial charge in [0.05, 0.1) is 17.5 Å². The van der Waals surface area contributed by atoms with Crippen LogP contribution in [-0.2, 0) is 6.18 Å². The summed E-state index contributed by atoms with van der Waals surface area (Å²) in [4.78, 5) is 21.1. The van der Waals surface area contributed by atoms with E-state index < -0.39 is 11.7 Å². The van der Waals surface area contributed by atoms with Gasteiger partial charge in [0.1, 0.15) is 5.56 Å². The number of rotatable bonds is 3. The molecule has 1 saturated heterocycles. The fraction of sp³-hybridized carbons (Fsp3) is 0.208. The lowest BCUT2D eigenvalue weighted by Crippen LogP contribution is -2.48. The van der Waals surface area contributed by atoms with Crippen molar-refractivity contribution in [3.05, 3.63) is 83.1 Å². The van der Waals surface area contributed by atoms with Gasteiger partial charge in [0.15, 0.2) is 5.65 Å². The summed E-state index contributed by atoms with van der Waals surface area (Å²) < 4.78 is 40.8. The monoisotopic (exact) mass is 485 g/mol. The Morgan fingerprint density at radius 1 is 0.971 bits per heavy atom. The molecule has 1 aliphatic heterocycles. The van der Waals surface area contributed by atoms with Crippen LogP contribution in [0.15, 0.2) is 67.0 Å². The smallest absolute Gasteiger partial charge is 0.368 e. The molecule has 0 saturated carbocycles. The predicted octanol–water partition coefficient (Wildman–Crippen LogP) is 5.03. The second-order valence-corrected chi connectivity index (χ2v) is 8.40. The highest BCUT2D eigenvalue weighted by atomic mass is 35.5. The highest BCUT2D eigenvalue weighted by Gasteiger charge is 2.31. The Morgan fingerprint density at radius 2 is 1.74 bits per heavy atom. The first kappa shape index (κ1) is 22.2. The molecule has 5 rings (SSSR count). The van der Waals surface area contributed by atoms with Crippen LogP contribution in [0.3, 0.4) is 0 Å². The van der Waals surface area contributed by atoms with E-state index in [1.54, 1.807) is 33.8 Å². The summed E-state index contributed by atoms with van der Waals surface area (Å²) in [6.07, 6.45) is -1.28. The van der Waals surface area contributed by atoms with Crippen LogP contribution in [0.4, 0.5) is 18.9 Å². The predicted molar refractivity (Wildman–Crippen MR) is 123 cm³/mol. The summed E-state index contributed by atoms with van der Waals surface area (Å²) >= 11 is 6.12. The van der Waals surface area contributed by atoms with Crippen LogP contribution < -0.4 is 4.90 Å². The van der Waals surface area contributed by atoms with Crippen molar-refractivity contribution in [3.8, 4) is 11.3 Å². The first-order valence-electron chi connectivity index (χ1n) is 10.6. The standard InChI is InChI=1S/C24H19ClF3N5O/c25-18-5-1-3-16(13-18)21-7-8-29-22-20(15-30-33(21)22)23(34)32-11-9-31(10-12-32)19-6-2-4-17(14-19)24(26,27)28/h1-8,13-15H,9-12H2. The quantitative estimate of drug-likeness (QED) is 0.408. The Hall–Kier alpha value is -3.59. The molecule has 0 aliphatic carbocycles. The molecule has 0 radical (unpaired) electrons. The van der Waals surface area contributed by atoms with E-state index in [2.05, 4.69) is 10.1 Å². The number of benzene rings is 2. The van der Waals surface area contributed by atoms with Gasteiger partial charge in [-0.2, -0.15) is 18.3 Å². The third-order valence-corrected chi connectivity index (χ3v) is 6.09. The van der Waals surface area contributed by atoms with Gasteiger partial charge >= 0.3 is 6.18 Å². The van der Waals surface area contributed by atoms with Crippen molar-refractivity contribution in [1.82, 2.24) is 19.5 Å². The number of hydrogen-bond acceptors (Lipinski definition) is 4. The lowest BCUT2D eigenvalue weighted by atomic mass is 10.1. The van der Waals surface area contributed by atoms with Crippen LogP contribution in [0.1, 0.15) is 15.9 Å². The zero-order valence-electron chi connectivity index (χ0n) is 17.8. The Labute approximate surface area is 198 Å². The number of carbonyl (C=O) groups excluding carboxylic acids is 1. The fourth-order valence-electron chi connectivity index (χ4n) is 4.13. The molecule has 174 valence electrons. The highest BCUT2D eigenvalue weighted by Crippen LogP contribution is 2.32. The first-order chi connectivity index (χ1) is 16.3. The lowest BCUT2D eigenvalue weighted by molar-refractivity contribution is -0.137. The van der Waals surface area contributed by atoms with E-state index >= 15 is 0 Å². The van der Waals surface area contributed by atoms with Crippen molar-refractivity contribution in [2.75, 3.05) is 31.1 Å². The van der Waals surface area contributed by atoms with E-state index in [9.17, 15) is 18.0 Å². The molecule has 2 aromatic heterocycles. The van der Waals surface area contributed by atoms with Crippen molar-refractivity contribution in [2.24, 2.45) is 0 Å². The van der Waals surface area contributed by atoms with E-state index in [4.69, 9.17) is 11.6 Å². The van der Waals surface area contributed by atoms with E-state index in [1.165, 1.54) is 12.3 Å². The summed E-state index contributed by atoms with van der Waals surface area (Å²) in [5.41, 5.74) is 2.21. The summed E-state index contributed by atoms with van der Waals surface area (Å²) in [7, 11) is 0. The SMILES string of the molecule is O=C(c1cnn2c(-c3cccc(Cl)c3)ccnc12)N1CCN(c2cccc(C(F)(F)F)c2)CC1. The van der Waals surface area contributed by atoms with Gasteiger partial charge < -0.3 is 9.80 Å². The molecule has 6 nitrogen and oxygen atoms in total. The molecule has 0 atom stereocenters. The highest BCUT2D eigenvalue weighted by molar-refractivity contribution is 6.30. The van der Waals surface area contributed by atoms with Crippen molar-refractivity contribution in [3.63, 3.8) is 0 Å². The average molecular weight is 486 g/mol. The molecule has 2 aromatic carbocycles. The molecule has 0 spiro atoms. The van der Waals surface area contributed by atoms with Crippen LogP contribution in [-0.4, -0.2) is 51.6 Å². The minimum Gasteiger partial charge on any atom is -0.368 e. The van der Waals surface area contributed by atoms with E-state index in [-0.39, 0.29) is 5.91 Å². The third kappa shape index (κ3) is 4.19. The largest absolute Gasteiger partial charge is 0.416 e. The van der Waals surface area contributed by atoms with Crippen molar-refractivity contribution >= 4 is 28.8 Å². The summed E-state index contributed by atoms with van der Waals surface area (Å²) in [6.45, 7) is 1.60. The number of nitrogens with zero attached hydrogens (tertiary/aromatic N) is 5. The van der Waals surface area contributed by atoms with Gasteiger partial charge in [-0.05, 0) is 36.4 Å². The Morgan fingerprint density at radius 3 is 2.47 bits per heavy atom.